The van der Waals surface area contributed by atoms with Gasteiger partial charge in [0.2, 0.25) is 5.95 Å². The van der Waals surface area contributed by atoms with Crippen LogP contribution in [0.1, 0.15) is 59.6 Å². The first-order valence-electron chi connectivity index (χ1n) is 12.6. The lowest BCUT2D eigenvalue weighted by Gasteiger charge is -2.25. The first-order valence-corrected chi connectivity index (χ1v) is 12.9. The number of nitrogens with two attached hydrogens (primary N) is 1. The molecule has 3 aromatic rings. The minimum absolute atomic E-state index is 0.0273. The molecule has 0 saturated heterocycles. The van der Waals surface area contributed by atoms with Gasteiger partial charge in [-0.05, 0) is 45.6 Å². The van der Waals surface area contributed by atoms with Gasteiger partial charge in [0.05, 0.1) is 42.3 Å². The van der Waals surface area contributed by atoms with Crippen molar-refractivity contribution in [2.45, 2.75) is 64.8 Å². The van der Waals surface area contributed by atoms with Gasteiger partial charge in [0.15, 0.2) is 5.82 Å². The number of aliphatic hydroxyl groups is 1. The molecule has 0 spiro atoms. The Morgan fingerprint density at radius 3 is 2.76 bits per heavy atom. The van der Waals surface area contributed by atoms with E-state index in [0.717, 1.165) is 48.3 Å². The van der Waals surface area contributed by atoms with Gasteiger partial charge in [-0.25, -0.2) is 9.97 Å². The number of nitrogen functional groups attached to an aromatic ring is 1. The number of anilines is 2. The number of pyridine rings is 1. The number of fused-ring (bicyclic) bond motifs is 1. The molecule has 5 rings (SSSR count). The Hall–Kier alpha value is -3.54. The summed E-state index contributed by atoms with van der Waals surface area (Å²) in [5.74, 6) is 1.22. The number of hydrogen-bond acceptors (Lipinski definition) is 9. The maximum absolute atomic E-state index is 13.7. The molecule has 1 amide bonds. The minimum atomic E-state index is -0.306. The van der Waals surface area contributed by atoms with Crippen molar-refractivity contribution in [2.75, 3.05) is 17.7 Å². The number of carbonyl (C=O) groups excluding carboxylic acids is 1. The number of amides is 1. The van der Waals surface area contributed by atoms with E-state index in [0.29, 0.717) is 41.1 Å². The largest absolute Gasteiger partial charge is 0.496 e. The van der Waals surface area contributed by atoms with Crippen LogP contribution in [0.25, 0.3) is 11.6 Å². The molecule has 1 saturated carbocycles. The summed E-state index contributed by atoms with van der Waals surface area (Å²) < 4.78 is 5.53. The van der Waals surface area contributed by atoms with Crippen molar-refractivity contribution in [1.82, 2.24) is 30.2 Å². The molecule has 0 aromatic carbocycles. The van der Waals surface area contributed by atoms with E-state index in [9.17, 15) is 9.90 Å². The van der Waals surface area contributed by atoms with Gasteiger partial charge in [-0.2, -0.15) is 4.98 Å². The van der Waals surface area contributed by atoms with Crippen molar-refractivity contribution < 1.29 is 14.6 Å². The van der Waals surface area contributed by atoms with Gasteiger partial charge in [-0.3, -0.25) is 14.7 Å². The van der Waals surface area contributed by atoms with Crippen molar-refractivity contribution in [3.05, 3.63) is 51.4 Å². The quantitative estimate of drug-likeness (QED) is 0.262. The number of carbonyl (C=O) groups is 1. The number of aliphatic hydroxyl groups excluding tert-OH is 1. The number of methoxy groups -OCH3 is 1. The van der Waals surface area contributed by atoms with Crippen LogP contribution in [-0.2, 0) is 17.9 Å². The van der Waals surface area contributed by atoms with E-state index < -0.39 is 0 Å². The average Bonchev–Trinajstić information content (AvgIpc) is 3.43. The Labute approximate surface area is 225 Å². The highest BCUT2D eigenvalue weighted by Crippen LogP contribution is 2.41. The lowest BCUT2D eigenvalue weighted by Crippen LogP contribution is -2.34. The van der Waals surface area contributed by atoms with Crippen molar-refractivity contribution in [1.29, 1.82) is 0 Å². The Balaban J connectivity index is 1.41. The van der Waals surface area contributed by atoms with Crippen molar-refractivity contribution in [2.24, 2.45) is 0 Å². The van der Waals surface area contributed by atoms with Crippen LogP contribution < -0.4 is 20.7 Å². The summed E-state index contributed by atoms with van der Waals surface area (Å²) in [7, 11) is 1.61. The lowest BCUT2D eigenvalue weighted by molar-refractivity contribution is -0.113. The van der Waals surface area contributed by atoms with Crippen LogP contribution in [0.2, 0.25) is 5.15 Å². The molecule has 3 aromatic heterocycles. The van der Waals surface area contributed by atoms with E-state index in [4.69, 9.17) is 22.1 Å². The summed E-state index contributed by atoms with van der Waals surface area (Å²) in [6.07, 6.45) is 8.48. The predicted molar refractivity (Wildman–Crippen MR) is 144 cm³/mol. The monoisotopic (exact) mass is 538 g/mol. The SMILES string of the molecule is COc1c(C)cnc(CN2C(=O)/C(=C\c3nc(CNC4CCC(O)CC4)c[nH]3)c3c(Cl)nc(N)nc32)c1C. The molecule has 0 bridgehead atoms. The average molecular weight is 539 g/mol. The van der Waals surface area contributed by atoms with Crippen molar-refractivity contribution in [3.8, 4) is 5.75 Å². The summed E-state index contributed by atoms with van der Waals surface area (Å²) >= 11 is 6.48. The van der Waals surface area contributed by atoms with Crippen LogP contribution in [-0.4, -0.2) is 55.2 Å². The third-order valence-corrected chi connectivity index (χ3v) is 7.40. The van der Waals surface area contributed by atoms with Gasteiger partial charge in [0.1, 0.15) is 16.7 Å². The molecule has 1 fully saturated rings. The highest BCUT2D eigenvalue weighted by molar-refractivity contribution is 6.41. The second-order valence-electron chi connectivity index (χ2n) is 9.73. The zero-order valence-corrected chi connectivity index (χ0v) is 22.3. The second-order valence-corrected chi connectivity index (χ2v) is 10.1. The number of aromatic nitrogens is 5. The van der Waals surface area contributed by atoms with Crippen LogP contribution in [0.3, 0.4) is 0 Å². The Kier molecular flexibility index (Phi) is 7.33. The van der Waals surface area contributed by atoms with Crippen molar-refractivity contribution >= 4 is 40.9 Å². The number of rotatable bonds is 7. The first-order chi connectivity index (χ1) is 18.2. The number of halogens is 1. The van der Waals surface area contributed by atoms with Crippen LogP contribution in [0, 0.1) is 13.8 Å². The fraction of sp³-hybridized carbons (Fsp3) is 0.423. The Morgan fingerprint density at radius 1 is 1.26 bits per heavy atom. The Morgan fingerprint density at radius 2 is 2.03 bits per heavy atom. The minimum Gasteiger partial charge on any atom is -0.496 e. The van der Waals surface area contributed by atoms with E-state index in [2.05, 4.69) is 30.2 Å². The Bertz CT molecular complexity index is 1400. The van der Waals surface area contributed by atoms with Gasteiger partial charge in [-0.15, -0.1) is 0 Å². The molecule has 0 atom stereocenters. The van der Waals surface area contributed by atoms with Gasteiger partial charge in [-0.1, -0.05) is 11.6 Å². The molecule has 0 radical (unpaired) electrons. The molecule has 200 valence electrons. The number of ether oxygens (including phenoxy) is 1. The van der Waals surface area contributed by atoms with E-state index in [-0.39, 0.29) is 29.7 Å². The third-order valence-electron chi connectivity index (χ3n) is 7.12. The fourth-order valence-electron chi connectivity index (χ4n) is 5.08. The van der Waals surface area contributed by atoms with Crippen molar-refractivity contribution in [3.63, 3.8) is 0 Å². The molecule has 0 unspecified atom stereocenters. The standard InChI is InChI=1S/C26H31ClN8O3/c1-13-9-30-19(14(2)22(13)38-3)12-35-24-21(23(27)33-26(28)34-24)18(25(35)37)8-20-31-11-16(32-20)10-29-15-4-6-17(36)7-5-15/h8-9,11,15,17,29,36H,4-7,10,12H2,1-3H3,(H,31,32)(H2,28,33,34)/b18-8-. The van der Waals surface area contributed by atoms with Gasteiger partial charge in [0.25, 0.3) is 5.91 Å². The predicted octanol–water partition coefficient (Wildman–Crippen LogP) is 2.94. The van der Waals surface area contributed by atoms with Crippen LogP contribution in [0.5, 0.6) is 5.75 Å². The smallest absolute Gasteiger partial charge is 0.260 e. The summed E-state index contributed by atoms with van der Waals surface area (Å²) in [4.78, 5) is 35.9. The highest BCUT2D eigenvalue weighted by atomic mass is 35.5. The molecule has 1 aliphatic heterocycles. The summed E-state index contributed by atoms with van der Waals surface area (Å²) in [5.41, 5.74) is 9.84. The highest BCUT2D eigenvalue weighted by Gasteiger charge is 2.37. The third kappa shape index (κ3) is 5.09. The molecule has 12 heteroatoms. The molecule has 4 heterocycles. The molecule has 11 nitrogen and oxygen atoms in total. The number of imidazole rings is 1. The number of aryl methyl sites for hydroxylation is 1. The molecule has 5 N–H and O–H groups in total. The second kappa shape index (κ2) is 10.7. The zero-order valence-electron chi connectivity index (χ0n) is 21.6. The molecular formula is C26H31ClN8O3. The number of H-pyrrole nitrogens is 1. The first kappa shape index (κ1) is 26.1. The topological polar surface area (TPSA) is 155 Å². The van der Waals surface area contributed by atoms with E-state index >= 15 is 0 Å². The number of hydrogen-bond donors (Lipinski definition) is 4. The van der Waals surface area contributed by atoms with Gasteiger partial charge >= 0.3 is 0 Å². The van der Waals surface area contributed by atoms with Gasteiger partial charge < -0.3 is 25.9 Å². The molecule has 2 aliphatic rings. The molecular weight excluding hydrogens is 508 g/mol. The number of nitrogens with zero attached hydrogens (tertiary/aromatic N) is 5. The normalized spacial score (nSPS) is 20.3. The molecule has 1 aliphatic carbocycles. The summed E-state index contributed by atoms with van der Waals surface area (Å²) in [5, 5.41) is 13.3. The maximum atomic E-state index is 13.7. The van der Waals surface area contributed by atoms with Crippen LogP contribution in [0.15, 0.2) is 12.4 Å². The fourth-order valence-corrected chi connectivity index (χ4v) is 5.35. The number of aromatic amines is 1. The lowest BCUT2D eigenvalue weighted by atomic mass is 9.93. The zero-order chi connectivity index (χ0) is 27.0. The maximum Gasteiger partial charge on any atom is 0.260 e. The van der Waals surface area contributed by atoms with Crippen LogP contribution in [0.4, 0.5) is 11.8 Å². The van der Waals surface area contributed by atoms with E-state index in [1.165, 1.54) is 4.90 Å². The van der Waals surface area contributed by atoms with E-state index in [1.54, 1.807) is 19.4 Å². The van der Waals surface area contributed by atoms with E-state index in [1.807, 2.05) is 20.0 Å². The van der Waals surface area contributed by atoms with Crippen LogP contribution >= 0.6 is 11.6 Å². The van der Waals surface area contributed by atoms with Gasteiger partial charge in [0, 0.05) is 36.1 Å². The summed E-state index contributed by atoms with van der Waals surface area (Å²) in [6.45, 7) is 4.56. The molecule has 38 heavy (non-hydrogen) atoms. The number of nitrogens with one attached hydrogen (secondary N) is 2. The summed E-state index contributed by atoms with van der Waals surface area (Å²) in [6, 6.07) is 0.354.